The van der Waals surface area contributed by atoms with Gasteiger partial charge >= 0.3 is 0 Å². The van der Waals surface area contributed by atoms with Gasteiger partial charge in [-0.25, -0.2) is 0 Å². The maximum Gasteiger partial charge on any atom is 0.221 e. The second kappa shape index (κ2) is 9.01. The van der Waals surface area contributed by atoms with Crippen LogP contribution in [0, 0.1) is 0 Å². The van der Waals surface area contributed by atoms with Crippen LogP contribution in [0.2, 0.25) is 5.02 Å². The third-order valence-electron chi connectivity index (χ3n) is 4.05. The summed E-state index contributed by atoms with van der Waals surface area (Å²) < 4.78 is 0. The molecule has 1 fully saturated rings. The van der Waals surface area contributed by atoms with Gasteiger partial charge in [-0.05, 0) is 24.6 Å². The van der Waals surface area contributed by atoms with Crippen LogP contribution in [0.3, 0.4) is 0 Å². The van der Waals surface area contributed by atoms with E-state index in [9.17, 15) is 4.79 Å². The van der Waals surface area contributed by atoms with Gasteiger partial charge in [0, 0.05) is 56.4 Å². The molecule has 5 heteroatoms. The van der Waals surface area contributed by atoms with Crippen molar-refractivity contribution in [3.8, 4) is 0 Å². The summed E-state index contributed by atoms with van der Waals surface area (Å²) in [4.78, 5) is 16.4. The van der Waals surface area contributed by atoms with E-state index in [4.69, 9.17) is 11.6 Å². The molecule has 1 N–H and O–H groups in total. The second-order valence-electron chi connectivity index (χ2n) is 5.76. The number of rotatable bonds is 7. The van der Waals surface area contributed by atoms with E-state index in [1.54, 1.807) is 0 Å². The largest absolute Gasteiger partial charge is 0.369 e. The lowest BCUT2D eigenvalue weighted by Crippen LogP contribution is -2.47. The summed E-state index contributed by atoms with van der Waals surface area (Å²) in [5, 5.41) is 3.75. The van der Waals surface area contributed by atoms with E-state index in [0.717, 1.165) is 57.1 Å². The van der Waals surface area contributed by atoms with Crippen molar-refractivity contribution in [1.29, 1.82) is 0 Å². The zero-order valence-electron chi connectivity index (χ0n) is 13.4. The molecule has 1 saturated heterocycles. The minimum absolute atomic E-state index is 0.172. The van der Waals surface area contributed by atoms with Crippen molar-refractivity contribution in [2.45, 2.75) is 26.2 Å². The van der Waals surface area contributed by atoms with Crippen LogP contribution in [0.4, 0.5) is 5.69 Å². The third-order valence-corrected chi connectivity index (χ3v) is 4.29. The van der Waals surface area contributed by atoms with E-state index in [2.05, 4.69) is 28.1 Å². The maximum absolute atomic E-state index is 11.7. The molecule has 1 aliphatic heterocycles. The number of benzene rings is 1. The molecule has 1 aromatic carbocycles. The molecule has 0 unspecified atom stereocenters. The lowest BCUT2D eigenvalue weighted by Gasteiger charge is -2.36. The zero-order valence-corrected chi connectivity index (χ0v) is 14.1. The number of hydrogen-bond donors (Lipinski definition) is 1. The number of amides is 1. The van der Waals surface area contributed by atoms with Crippen LogP contribution in [-0.4, -0.2) is 50.1 Å². The molecular formula is C17H26ClN3O. The van der Waals surface area contributed by atoms with Gasteiger partial charge in [0.15, 0.2) is 0 Å². The van der Waals surface area contributed by atoms with E-state index >= 15 is 0 Å². The van der Waals surface area contributed by atoms with E-state index in [1.165, 1.54) is 5.69 Å². The standard InChI is InChI=1S/C17H26ClN3O/c1-2-3-8-19-17(22)7-9-20-10-12-21(13-11-20)16-6-4-5-15(18)14-16/h4-6,14H,2-3,7-13H2,1H3,(H,19,22). The molecule has 0 aromatic heterocycles. The smallest absolute Gasteiger partial charge is 0.221 e. The molecule has 22 heavy (non-hydrogen) atoms. The van der Waals surface area contributed by atoms with Crippen molar-refractivity contribution >= 4 is 23.2 Å². The molecule has 0 aliphatic carbocycles. The quantitative estimate of drug-likeness (QED) is 0.784. The van der Waals surface area contributed by atoms with Crippen LogP contribution in [0.1, 0.15) is 26.2 Å². The summed E-state index contributed by atoms with van der Waals surface area (Å²) in [5.41, 5.74) is 1.18. The highest BCUT2D eigenvalue weighted by Gasteiger charge is 2.17. The Balaban J connectivity index is 1.68. The molecule has 0 saturated carbocycles. The lowest BCUT2D eigenvalue weighted by molar-refractivity contribution is -0.121. The highest BCUT2D eigenvalue weighted by molar-refractivity contribution is 6.30. The van der Waals surface area contributed by atoms with Gasteiger partial charge < -0.3 is 10.2 Å². The number of unbranched alkanes of at least 4 members (excludes halogenated alkanes) is 1. The second-order valence-corrected chi connectivity index (χ2v) is 6.20. The first kappa shape index (κ1) is 17.1. The molecule has 0 atom stereocenters. The van der Waals surface area contributed by atoms with Crippen LogP contribution in [0.25, 0.3) is 0 Å². The Labute approximate surface area is 138 Å². The van der Waals surface area contributed by atoms with Crippen molar-refractivity contribution in [3.63, 3.8) is 0 Å². The Hall–Kier alpha value is -1.26. The average molecular weight is 324 g/mol. The number of nitrogens with one attached hydrogen (secondary N) is 1. The molecule has 1 heterocycles. The maximum atomic E-state index is 11.7. The molecule has 1 aromatic rings. The van der Waals surface area contributed by atoms with Gasteiger partial charge in [0.1, 0.15) is 0 Å². The normalized spacial score (nSPS) is 15.8. The predicted molar refractivity (Wildman–Crippen MR) is 92.6 cm³/mol. The van der Waals surface area contributed by atoms with E-state index in [-0.39, 0.29) is 5.91 Å². The number of anilines is 1. The van der Waals surface area contributed by atoms with Gasteiger partial charge in [0.25, 0.3) is 0 Å². The minimum atomic E-state index is 0.172. The Kier molecular flexibility index (Phi) is 7.00. The van der Waals surface area contributed by atoms with Gasteiger partial charge in [-0.15, -0.1) is 0 Å². The van der Waals surface area contributed by atoms with Crippen LogP contribution in [-0.2, 0) is 4.79 Å². The van der Waals surface area contributed by atoms with Gasteiger partial charge in [0.05, 0.1) is 0 Å². The van der Waals surface area contributed by atoms with Crippen LogP contribution in [0.5, 0.6) is 0 Å². The monoisotopic (exact) mass is 323 g/mol. The van der Waals surface area contributed by atoms with E-state index in [0.29, 0.717) is 6.42 Å². The van der Waals surface area contributed by atoms with E-state index < -0.39 is 0 Å². The fourth-order valence-electron chi connectivity index (χ4n) is 2.66. The van der Waals surface area contributed by atoms with Crippen molar-refractivity contribution in [2.75, 3.05) is 44.2 Å². The first-order valence-electron chi connectivity index (χ1n) is 8.18. The Morgan fingerprint density at radius 3 is 2.73 bits per heavy atom. The average Bonchev–Trinajstić information content (AvgIpc) is 2.54. The fraction of sp³-hybridized carbons (Fsp3) is 0.588. The highest BCUT2D eigenvalue weighted by Crippen LogP contribution is 2.20. The molecular weight excluding hydrogens is 298 g/mol. The SMILES string of the molecule is CCCCNC(=O)CCN1CCN(c2cccc(Cl)c2)CC1. The summed E-state index contributed by atoms with van der Waals surface area (Å²) in [6, 6.07) is 8.00. The number of piperazine rings is 1. The third kappa shape index (κ3) is 5.50. The fourth-order valence-corrected chi connectivity index (χ4v) is 2.84. The summed E-state index contributed by atoms with van der Waals surface area (Å²) in [6.45, 7) is 7.74. The van der Waals surface area contributed by atoms with Crippen molar-refractivity contribution in [3.05, 3.63) is 29.3 Å². The van der Waals surface area contributed by atoms with Gasteiger partial charge in [-0.2, -0.15) is 0 Å². The lowest BCUT2D eigenvalue weighted by atomic mass is 10.2. The minimum Gasteiger partial charge on any atom is -0.369 e. The molecule has 0 radical (unpaired) electrons. The number of hydrogen-bond acceptors (Lipinski definition) is 3. The molecule has 1 amide bonds. The Bertz CT molecular complexity index is 473. The van der Waals surface area contributed by atoms with Crippen LogP contribution >= 0.6 is 11.6 Å². The summed E-state index contributed by atoms with van der Waals surface area (Å²) in [7, 11) is 0. The molecule has 2 rings (SSSR count). The Morgan fingerprint density at radius 2 is 2.05 bits per heavy atom. The van der Waals surface area contributed by atoms with Crippen molar-refractivity contribution in [2.24, 2.45) is 0 Å². The van der Waals surface area contributed by atoms with Crippen molar-refractivity contribution < 1.29 is 4.79 Å². The zero-order chi connectivity index (χ0) is 15.8. The molecule has 0 spiro atoms. The van der Waals surface area contributed by atoms with E-state index in [1.807, 2.05) is 18.2 Å². The molecule has 1 aliphatic rings. The number of carbonyl (C=O) groups excluding carboxylic acids is 1. The summed E-state index contributed by atoms with van der Waals surface area (Å²) >= 11 is 6.05. The number of carbonyl (C=O) groups is 1. The summed E-state index contributed by atoms with van der Waals surface area (Å²) in [5.74, 6) is 0.172. The predicted octanol–water partition coefficient (Wildman–Crippen LogP) is 2.77. The topological polar surface area (TPSA) is 35.6 Å². The Morgan fingerprint density at radius 1 is 1.27 bits per heavy atom. The molecule has 122 valence electrons. The van der Waals surface area contributed by atoms with Gasteiger partial charge in [0.2, 0.25) is 5.91 Å². The first-order valence-corrected chi connectivity index (χ1v) is 8.56. The molecule has 0 bridgehead atoms. The number of nitrogens with zero attached hydrogens (tertiary/aromatic N) is 2. The summed E-state index contributed by atoms with van der Waals surface area (Å²) in [6.07, 6.45) is 2.77. The highest BCUT2D eigenvalue weighted by atomic mass is 35.5. The molecule has 4 nitrogen and oxygen atoms in total. The first-order chi connectivity index (χ1) is 10.7. The van der Waals surface area contributed by atoms with Gasteiger partial charge in [-0.1, -0.05) is 31.0 Å². The number of halogens is 1. The van der Waals surface area contributed by atoms with Gasteiger partial charge in [-0.3, -0.25) is 9.69 Å². The van der Waals surface area contributed by atoms with Crippen molar-refractivity contribution in [1.82, 2.24) is 10.2 Å². The van der Waals surface area contributed by atoms with Crippen LogP contribution < -0.4 is 10.2 Å². The van der Waals surface area contributed by atoms with Crippen LogP contribution in [0.15, 0.2) is 24.3 Å².